The molecule has 1 aromatic heterocycles. The summed E-state index contributed by atoms with van der Waals surface area (Å²) in [5.41, 5.74) is 5.60. The average molecular weight is 427 g/mol. The summed E-state index contributed by atoms with van der Waals surface area (Å²) in [5.74, 6) is 0.747. The third kappa shape index (κ3) is 3.50. The number of nitrogens with zero attached hydrogens (tertiary/aromatic N) is 4. The molecule has 1 amide bonds. The van der Waals surface area contributed by atoms with Crippen LogP contribution in [0.25, 0.3) is 5.69 Å². The summed E-state index contributed by atoms with van der Waals surface area (Å²) in [5, 5.41) is 9.67. The Balaban J connectivity index is 1.39. The van der Waals surface area contributed by atoms with Crippen molar-refractivity contribution in [3.63, 3.8) is 0 Å². The molecule has 6 nitrogen and oxygen atoms in total. The molecular formula is C26H26N4O2. The van der Waals surface area contributed by atoms with Gasteiger partial charge in [-0.05, 0) is 60.7 Å². The number of ether oxygens (including phenoxy) is 1. The van der Waals surface area contributed by atoms with Gasteiger partial charge in [-0.3, -0.25) is 4.79 Å². The number of benzene rings is 2. The Morgan fingerprint density at radius 2 is 1.78 bits per heavy atom. The van der Waals surface area contributed by atoms with E-state index in [-0.39, 0.29) is 5.91 Å². The van der Waals surface area contributed by atoms with Gasteiger partial charge in [0.25, 0.3) is 5.91 Å². The van der Waals surface area contributed by atoms with Crippen LogP contribution in [0.4, 0.5) is 5.69 Å². The SMILES string of the molecule is COc1ccccc1N1CCN(C(=O)c2c(C#N)ccn2-c2ccc3c(c2)CCC3)CC1. The number of hydrogen-bond acceptors (Lipinski definition) is 4. The van der Waals surface area contributed by atoms with Crippen LogP contribution in [0.2, 0.25) is 0 Å². The van der Waals surface area contributed by atoms with Gasteiger partial charge in [-0.15, -0.1) is 0 Å². The summed E-state index contributed by atoms with van der Waals surface area (Å²) in [7, 11) is 1.68. The Bertz CT molecular complexity index is 1200. The molecule has 1 aliphatic heterocycles. The predicted octanol–water partition coefficient (Wildman–Crippen LogP) is 3.81. The fourth-order valence-electron chi connectivity index (χ4n) is 4.86. The van der Waals surface area contributed by atoms with E-state index in [1.807, 2.05) is 39.9 Å². The molecule has 1 saturated heterocycles. The highest BCUT2D eigenvalue weighted by molar-refractivity contribution is 5.96. The number of carbonyl (C=O) groups is 1. The smallest absolute Gasteiger partial charge is 0.272 e. The van der Waals surface area contributed by atoms with Crippen LogP contribution in [-0.2, 0) is 12.8 Å². The third-order valence-electron chi connectivity index (χ3n) is 6.56. The number of rotatable bonds is 4. The number of piperazine rings is 1. The van der Waals surface area contributed by atoms with Gasteiger partial charge in [-0.1, -0.05) is 18.2 Å². The molecule has 2 aliphatic rings. The minimum absolute atomic E-state index is 0.0910. The number of aryl methyl sites for hydroxylation is 2. The summed E-state index contributed by atoms with van der Waals surface area (Å²) in [6, 6.07) is 18.3. The second-order valence-corrected chi connectivity index (χ2v) is 8.32. The van der Waals surface area contributed by atoms with Gasteiger partial charge in [-0.2, -0.15) is 5.26 Å². The molecule has 0 N–H and O–H groups in total. The molecule has 5 rings (SSSR count). The second-order valence-electron chi connectivity index (χ2n) is 8.32. The zero-order valence-electron chi connectivity index (χ0n) is 18.3. The molecule has 1 fully saturated rings. The quantitative estimate of drug-likeness (QED) is 0.637. The number of anilines is 1. The zero-order chi connectivity index (χ0) is 22.1. The van der Waals surface area contributed by atoms with Gasteiger partial charge in [0, 0.05) is 38.1 Å². The van der Waals surface area contributed by atoms with Crippen molar-refractivity contribution in [2.45, 2.75) is 19.3 Å². The van der Waals surface area contributed by atoms with E-state index in [9.17, 15) is 10.1 Å². The molecule has 32 heavy (non-hydrogen) atoms. The largest absolute Gasteiger partial charge is 0.495 e. The standard InChI is InChI=1S/C26H26N4O2/c1-32-24-8-3-2-7-23(24)28-13-15-29(16-14-28)26(31)25-21(18-27)11-12-30(25)22-10-9-19-5-4-6-20(19)17-22/h2-3,7-12,17H,4-6,13-16H2,1H3. The fourth-order valence-corrected chi connectivity index (χ4v) is 4.86. The molecule has 0 radical (unpaired) electrons. The van der Waals surface area contributed by atoms with Crippen LogP contribution in [0.5, 0.6) is 5.75 Å². The minimum atomic E-state index is -0.0910. The molecule has 0 atom stereocenters. The normalized spacial score (nSPS) is 15.4. The molecule has 2 heterocycles. The number of nitriles is 1. The van der Waals surface area contributed by atoms with E-state index < -0.39 is 0 Å². The molecule has 0 bridgehead atoms. The van der Waals surface area contributed by atoms with E-state index in [2.05, 4.69) is 29.2 Å². The Labute approximate surface area is 188 Å². The van der Waals surface area contributed by atoms with E-state index >= 15 is 0 Å². The first kappa shape index (κ1) is 20.2. The third-order valence-corrected chi connectivity index (χ3v) is 6.56. The topological polar surface area (TPSA) is 61.5 Å². The Morgan fingerprint density at radius 1 is 1.00 bits per heavy atom. The molecular weight excluding hydrogens is 400 g/mol. The van der Waals surface area contributed by atoms with Gasteiger partial charge < -0.3 is 19.1 Å². The molecule has 3 aromatic rings. The van der Waals surface area contributed by atoms with Crippen molar-refractivity contribution in [2.24, 2.45) is 0 Å². The maximum atomic E-state index is 13.5. The number of hydrogen-bond donors (Lipinski definition) is 0. The van der Waals surface area contributed by atoms with Crippen LogP contribution in [0.1, 0.15) is 33.6 Å². The van der Waals surface area contributed by atoms with E-state index in [0.29, 0.717) is 37.4 Å². The first-order chi connectivity index (χ1) is 15.7. The van der Waals surface area contributed by atoms with Crippen molar-refractivity contribution in [2.75, 3.05) is 38.2 Å². The lowest BCUT2D eigenvalue weighted by atomic mass is 10.1. The summed E-state index contributed by atoms with van der Waals surface area (Å²) < 4.78 is 7.38. The van der Waals surface area contributed by atoms with E-state index in [1.54, 1.807) is 13.2 Å². The van der Waals surface area contributed by atoms with Gasteiger partial charge >= 0.3 is 0 Å². The number of amides is 1. The highest BCUT2D eigenvalue weighted by Crippen LogP contribution is 2.30. The number of fused-ring (bicyclic) bond motifs is 1. The Morgan fingerprint density at radius 3 is 2.56 bits per heavy atom. The number of aromatic nitrogens is 1. The average Bonchev–Trinajstić information content (AvgIpc) is 3.50. The van der Waals surface area contributed by atoms with Crippen LogP contribution in [-0.4, -0.2) is 48.7 Å². The van der Waals surface area contributed by atoms with Crippen molar-refractivity contribution >= 4 is 11.6 Å². The second kappa shape index (κ2) is 8.43. The van der Waals surface area contributed by atoms with Crippen LogP contribution in [0, 0.1) is 11.3 Å². The van der Waals surface area contributed by atoms with Crippen molar-refractivity contribution < 1.29 is 9.53 Å². The lowest BCUT2D eigenvalue weighted by molar-refractivity contribution is 0.0738. The summed E-state index contributed by atoms with van der Waals surface area (Å²) in [6.07, 6.45) is 5.21. The minimum Gasteiger partial charge on any atom is -0.495 e. The number of para-hydroxylation sites is 2. The number of methoxy groups -OCH3 is 1. The van der Waals surface area contributed by atoms with Gasteiger partial charge in [-0.25, -0.2) is 0 Å². The summed E-state index contributed by atoms with van der Waals surface area (Å²) >= 11 is 0. The van der Waals surface area contributed by atoms with Crippen molar-refractivity contribution in [3.8, 4) is 17.5 Å². The van der Waals surface area contributed by atoms with Crippen molar-refractivity contribution in [3.05, 3.63) is 77.1 Å². The summed E-state index contributed by atoms with van der Waals surface area (Å²) in [6.45, 7) is 2.62. The summed E-state index contributed by atoms with van der Waals surface area (Å²) in [4.78, 5) is 17.6. The molecule has 0 saturated carbocycles. The Hall–Kier alpha value is -3.72. The van der Waals surface area contributed by atoms with Gasteiger partial charge in [0.15, 0.2) is 0 Å². The van der Waals surface area contributed by atoms with Crippen LogP contribution < -0.4 is 9.64 Å². The van der Waals surface area contributed by atoms with Crippen molar-refractivity contribution in [1.29, 1.82) is 5.26 Å². The van der Waals surface area contributed by atoms with Gasteiger partial charge in [0.05, 0.1) is 18.4 Å². The lowest BCUT2D eigenvalue weighted by Gasteiger charge is -2.36. The molecule has 2 aromatic carbocycles. The lowest BCUT2D eigenvalue weighted by Crippen LogP contribution is -2.49. The number of carbonyl (C=O) groups excluding carboxylic acids is 1. The van der Waals surface area contributed by atoms with Crippen LogP contribution in [0.15, 0.2) is 54.7 Å². The molecule has 162 valence electrons. The van der Waals surface area contributed by atoms with Crippen LogP contribution in [0.3, 0.4) is 0 Å². The predicted molar refractivity (Wildman–Crippen MR) is 124 cm³/mol. The zero-order valence-corrected chi connectivity index (χ0v) is 18.3. The molecule has 1 aliphatic carbocycles. The van der Waals surface area contributed by atoms with E-state index in [4.69, 9.17) is 4.74 Å². The highest BCUT2D eigenvalue weighted by atomic mass is 16.5. The molecule has 0 unspecified atom stereocenters. The molecule has 0 spiro atoms. The van der Waals surface area contributed by atoms with E-state index in [1.165, 1.54) is 17.5 Å². The first-order valence-electron chi connectivity index (χ1n) is 11.1. The fraction of sp³-hybridized carbons (Fsp3) is 0.308. The monoisotopic (exact) mass is 426 g/mol. The first-order valence-corrected chi connectivity index (χ1v) is 11.1. The molecule has 6 heteroatoms. The van der Waals surface area contributed by atoms with Crippen molar-refractivity contribution in [1.82, 2.24) is 9.47 Å². The Kier molecular flexibility index (Phi) is 5.32. The maximum absolute atomic E-state index is 13.5. The van der Waals surface area contributed by atoms with Gasteiger partial charge in [0.2, 0.25) is 0 Å². The van der Waals surface area contributed by atoms with Gasteiger partial charge in [0.1, 0.15) is 17.5 Å². The highest BCUT2D eigenvalue weighted by Gasteiger charge is 2.28. The maximum Gasteiger partial charge on any atom is 0.272 e. The van der Waals surface area contributed by atoms with Crippen LogP contribution >= 0.6 is 0 Å². The van der Waals surface area contributed by atoms with E-state index in [0.717, 1.165) is 30.0 Å².